The van der Waals surface area contributed by atoms with Gasteiger partial charge in [-0.05, 0) is 46.9 Å². The number of hydrogen-bond donors (Lipinski definition) is 2. The summed E-state index contributed by atoms with van der Waals surface area (Å²) in [5.74, 6) is 0.189. The second-order valence-corrected chi connectivity index (χ2v) is 7.96. The zero-order valence-corrected chi connectivity index (χ0v) is 18.6. The average Bonchev–Trinajstić information content (AvgIpc) is 2.86. The Kier molecular flexibility index (Phi) is 7.08. The summed E-state index contributed by atoms with van der Waals surface area (Å²) in [5, 5.41) is 12.0. The number of carbonyl (C=O) groups is 2. The molecule has 1 atom stereocenters. The quantitative estimate of drug-likeness (QED) is 0.491. The molecule has 0 saturated carbocycles. The van der Waals surface area contributed by atoms with Crippen LogP contribution in [-0.2, 0) is 29.0 Å². The molecule has 1 amide bonds. The summed E-state index contributed by atoms with van der Waals surface area (Å²) in [4.78, 5) is 23.8. The molecule has 6 nitrogen and oxygen atoms in total. The molecule has 0 fully saturated rings. The van der Waals surface area contributed by atoms with E-state index in [4.69, 9.17) is 9.47 Å². The van der Waals surface area contributed by atoms with Crippen LogP contribution in [0.25, 0.3) is 5.57 Å². The number of rotatable bonds is 8. The minimum Gasteiger partial charge on any atom is -0.480 e. The predicted molar refractivity (Wildman–Crippen MR) is 129 cm³/mol. The maximum absolute atomic E-state index is 12.1. The third-order valence-corrected chi connectivity index (χ3v) is 5.54. The normalized spacial score (nSPS) is 13.3. The molecule has 3 aromatic rings. The molecule has 0 unspecified atom stereocenters. The molecule has 172 valence electrons. The van der Waals surface area contributed by atoms with E-state index in [1.54, 1.807) is 24.3 Å². The Morgan fingerprint density at radius 3 is 2.38 bits per heavy atom. The second-order valence-electron chi connectivity index (χ2n) is 7.96. The van der Waals surface area contributed by atoms with Crippen molar-refractivity contribution in [3.8, 4) is 5.75 Å². The first-order valence-corrected chi connectivity index (χ1v) is 10.9. The fraction of sp³-hybridized carbons (Fsp3) is 0.143. The van der Waals surface area contributed by atoms with Crippen molar-refractivity contribution in [1.82, 2.24) is 5.32 Å². The van der Waals surface area contributed by atoms with Crippen LogP contribution in [0.3, 0.4) is 0 Å². The molecule has 0 spiro atoms. The van der Waals surface area contributed by atoms with Crippen molar-refractivity contribution in [2.75, 3.05) is 0 Å². The summed E-state index contributed by atoms with van der Waals surface area (Å²) in [6, 6.07) is 23.3. The molecule has 0 saturated heterocycles. The molecule has 3 aromatic carbocycles. The van der Waals surface area contributed by atoms with E-state index in [0.29, 0.717) is 11.5 Å². The summed E-state index contributed by atoms with van der Waals surface area (Å²) in [6.07, 6.45) is 2.11. The number of fused-ring (bicyclic) bond motifs is 1. The third-order valence-electron chi connectivity index (χ3n) is 5.54. The van der Waals surface area contributed by atoms with E-state index in [2.05, 4.69) is 18.0 Å². The Labute approximate surface area is 198 Å². The van der Waals surface area contributed by atoms with Gasteiger partial charge in [0, 0.05) is 12.0 Å². The molecule has 6 heteroatoms. The van der Waals surface area contributed by atoms with E-state index in [1.165, 1.54) is 5.56 Å². The van der Waals surface area contributed by atoms with Crippen molar-refractivity contribution in [3.63, 3.8) is 0 Å². The Morgan fingerprint density at radius 2 is 1.65 bits per heavy atom. The van der Waals surface area contributed by atoms with Crippen LogP contribution in [0.15, 0.2) is 97.3 Å². The van der Waals surface area contributed by atoms with Gasteiger partial charge in [-0.15, -0.1) is 0 Å². The predicted octanol–water partition coefficient (Wildman–Crippen LogP) is 5.14. The number of carbonyl (C=O) groups excluding carboxylic acids is 1. The van der Waals surface area contributed by atoms with Crippen molar-refractivity contribution in [3.05, 3.63) is 120 Å². The maximum Gasteiger partial charge on any atom is 0.408 e. The fourth-order valence-corrected chi connectivity index (χ4v) is 3.72. The lowest BCUT2D eigenvalue weighted by Gasteiger charge is -2.20. The number of carboxylic acid groups (broad SMARTS) is 1. The van der Waals surface area contributed by atoms with Crippen LogP contribution in [0.1, 0.15) is 22.3 Å². The van der Waals surface area contributed by atoms with Gasteiger partial charge in [0.2, 0.25) is 0 Å². The van der Waals surface area contributed by atoms with Crippen LogP contribution in [0.5, 0.6) is 5.75 Å². The molecule has 1 aliphatic carbocycles. The van der Waals surface area contributed by atoms with Crippen LogP contribution in [-0.4, -0.2) is 23.2 Å². The number of nitrogens with one attached hydrogen (secondary N) is 1. The van der Waals surface area contributed by atoms with Crippen LogP contribution < -0.4 is 10.1 Å². The lowest BCUT2D eigenvalue weighted by Crippen LogP contribution is -2.42. The topological polar surface area (TPSA) is 84.9 Å². The van der Waals surface area contributed by atoms with Gasteiger partial charge < -0.3 is 19.9 Å². The van der Waals surface area contributed by atoms with E-state index in [-0.39, 0.29) is 13.0 Å². The van der Waals surface area contributed by atoms with Crippen molar-refractivity contribution in [2.45, 2.75) is 25.5 Å². The van der Waals surface area contributed by atoms with Gasteiger partial charge in [-0.3, -0.25) is 0 Å². The van der Waals surface area contributed by atoms with Gasteiger partial charge >= 0.3 is 12.1 Å². The smallest absolute Gasteiger partial charge is 0.408 e. The fourth-order valence-electron chi connectivity index (χ4n) is 3.72. The van der Waals surface area contributed by atoms with Gasteiger partial charge in [-0.1, -0.05) is 73.3 Å². The standard InChI is InChI=1S/C28H25NO5/c1-19-24-10-6-5-9-22(24)13-16-26(19)34-23-14-11-20(12-15-23)17-25(27(30)31)29-28(32)33-18-21-7-3-2-4-8-21/h2-12,14-16,25H,1,13,17-18H2,(H,29,32)(H,30,31)/t25-/m0/s1. The van der Waals surface area contributed by atoms with Crippen LogP contribution in [0.2, 0.25) is 0 Å². The van der Waals surface area contributed by atoms with Crippen molar-refractivity contribution >= 4 is 17.6 Å². The number of carboxylic acids is 1. The van der Waals surface area contributed by atoms with Gasteiger partial charge in [-0.2, -0.15) is 0 Å². The van der Waals surface area contributed by atoms with Crippen molar-refractivity contribution < 1.29 is 24.2 Å². The van der Waals surface area contributed by atoms with Gasteiger partial charge in [0.15, 0.2) is 0 Å². The number of alkyl carbamates (subject to hydrolysis) is 1. The largest absolute Gasteiger partial charge is 0.480 e. The molecule has 2 N–H and O–H groups in total. The zero-order valence-electron chi connectivity index (χ0n) is 18.6. The summed E-state index contributed by atoms with van der Waals surface area (Å²) >= 11 is 0. The highest BCUT2D eigenvalue weighted by Gasteiger charge is 2.22. The number of benzene rings is 3. The van der Waals surface area contributed by atoms with E-state index in [0.717, 1.165) is 28.7 Å². The first-order chi connectivity index (χ1) is 16.5. The molecular formula is C28H25NO5. The molecule has 1 aliphatic rings. The first kappa shape index (κ1) is 22.9. The van der Waals surface area contributed by atoms with Gasteiger partial charge in [0.05, 0.1) is 0 Å². The van der Waals surface area contributed by atoms with Crippen LogP contribution in [0, 0.1) is 0 Å². The molecular weight excluding hydrogens is 430 g/mol. The molecule has 0 heterocycles. The van der Waals surface area contributed by atoms with Gasteiger partial charge in [0.1, 0.15) is 24.2 Å². The maximum atomic E-state index is 12.1. The summed E-state index contributed by atoms with van der Waals surface area (Å²) in [5.41, 5.74) is 4.68. The number of hydrogen-bond acceptors (Lipinski definition) is 4. The molecule has 34 heavy (non-hydrogen) atoms. The summed E-state index contributed by atoms with van der Waals surface area (Å²) < 4.78 is 11.2. The Hall–Kier alpha value is -4.32. The van der Waals surface area contributed by atoms with E-state index in [1.807, 2.05) is 54.6 Å². The van der Waals surface area contributed by atoms with E-state index in [9.17, 15) is 14.7 Å². The van der Waals surface area contributed by atoms with E-state index >= 15 is 0 Å². The average molecular weight is 456 g/mol. The Bertz CT molecular complexity index is 1220. The lowest BCUT2D eigenvalue weighted by atomic mass is 9.92. The molecule has 0 aromatic heterocycles. The van der Waals surface area contributed by atoms with Gasteiger partial charge in [-0.25, -0.2) is 9.59 Å². The molecule has 0 aliphatic heterocycles. The number of allylic oxidation sites excluding steroid dienone is 2. The highest BCUT2D eigenvalue weighted by Crippen LogP contribution is 2.31. The molecule has 4 rings (SSSR count). The molecule has 0 radical (unpaired) electrons. The van der Waals surface area contributed by atoms with Crippen molar-refractivity contribution in [2.24, 2.45) is 0 Å². The van der Waals surface area contributed by atoms with E-state index < -0.39 is 18.1 Å². The Balaban J connectivity index is 1.33. The lowest BCUT2D eigenvalue weighted by molar-refractivity contribution is -0.139. The first-order valence-electron chi connectivity index (χ1n) is 10.9. The summed E-state index contributed by atoms with van der Waals surface area (Å²) in [7, 11) is 0. The monoisotopic (exact) mass is 455 g/mol. The second kappa shape index (κ2) is 10.5. The number of amides is 1. The number of aliphatic carboxylic acids is 1. The summed E-state index contributed by atoms with van der Waals surface area (Å²) in [6.45, 7) is 4.23. The zero-order chi connectivity index (χ0) is 23.9. The van der Waals surface area contributed by atoms with Crippen LogP contribution >= 0.6 is 0 Å². The van der Waals surface area contributed by atoms with Gasteiger partial charge in [0.25, 0.3) is 0 Å². The number of ether oxygens (including phenoxy) is 2. The highest BCUT2D eigenvalue weighted by molar-refractivity contribution is 5.81. The minimum atomic E-state index is -1.14. The Morgan fingerprint density at radius 1 is 0.941 bits per heavy atom. The minimum absolute atomic E-state index is 0.0661. The molecule has 0 bridgehead atoms. The van der Waals surface area contributed by atoms with Crippen molar-refractivity contribution in [1.29, 1.82) is 0 Å². The third kappa shape index (κ3) is 5.72. The highest BCUT2D eigenvalue weighted by atomic mass is 16.5. The van der Waals surface area contributed by atoms with Crippen LogP contribution in [0.4, 0.5) is 4.79 Å². The SMILES string of the molecule is C=C1C(Oc2ccc(C[C@H](NC(=O)OCc3ccccc3)C(=O)O)cc2)=CCc2ccccc21.